The summed E-state index contributed by atoms with van der Waals surface area (Å²) in [6.45, 7) is 0. The maximum atomic E-state index is 6.74. The van der Waals surface area contributed by atoms with Crippen molar-refractivity contribution in [2.45, 2.75) is 0 Å². The Bertz CT molecular complexity index is 3780. The zero-order valence-corrected chi connectivity index (χ0v) is 30.0. The first-order valence-corrected chi connectivity index (χ1v) is 19.1. The van der Waals surface area contributed by atoms with E-state index in [-0.39, 0.29) is 0 Å². The highest BCUT2D eigenvalue weighted by atomic mass is 16.3. The van der Waals surface area contributed by atoms with Gasteiger partial charge in [0.05, 0.1) is 27.8 Å². The van der Waals surface area contributed by atoms with Crippen LogP contribution in [0.3, 0.4) is 0 Å². The summed E-state index contributed by atoms with van der Waals surface area (Å²) in [5, 5.41) is 11.7. The molecule has 4 aromatic heterocycles. The van der Waals surface area contributed by atoms with Gasteiger partial charge in [0, 0.05) is 48.8 Å². The first-order chi connectivity index (χ1) is 27.8. The van der Waals surface area contributed by atoms with Crippen LogP contribution < -0.4 is 0 Å². The first-order valence-electron chi connectivity index (χ1n) is 19.1. The molecule has 13 aromatic rings. The van der Waals surface area contributed by atoms with Gasteiger partial charge in [0.2, 0.25) is 0 Å². The number of hydrogen-bond acceptors (Lipinski definition) is 2. The fourth-order valence-electron chi connectivity index (χ4n) is 9.37. The van der Waals surface area contributed by atoms with Gasteiger partial charge in [-0.15, -0.1) is 0 Å². The number of benzene rings is 9. The summed E-state index contributed by atoms with van der Waals surface area (Å²) in [4.78, 5) is 0. The van der Waals surface area contributed by atoms with Crippen molar-refractivity contribution in [1.82, 2.24) is 9.13 Å². The third-order valence-electron chi connectivity index (χ3n) is 11.9. The molecule has 0 amide bonds. The van der Waals surface area contributed by atoms with Gasteiger partial charge >= 0.3 is 0 Å². The maximum Gasteiger partial charge on any atom is 0.160 e. The summed E-state index contributed by atoms with van der Waals surface area (Å²) in [6, 6.07) is 65.4. The third-order valence-corrected chi connectivity index (χ3v) is 11.9. The number of aromatic nitrogens is 2. The second kappa shape index (κ2) is 11.0. The Balaban J connectivity index is 1.07. The highest BCUT2D eigenvalue weighted by Gasteiger charge is 2.23. The van der Waals surface area contributed by atoms with E-state index in [9.17, 15) is 0 Å². The monoisotopic (exact) mass is 714 g/mol. The molecule has 0 radical (unpaired) electrons. The van der Waals surface area contributed by atoms with Gasteiger partial charge in [-0.25, -0.2) is 0 Å². The quantitative estimate of drug-likeness (QED) is 0.183. The molecule has 4 nitrogen and oxygen atoms in total. The molecule has 0 saturated carbocycles. The molecule has 0 atom stereocenters. The van der Waals surface area contributed by atoms with Crippen LogP contribution in [0.5, 0.6) is 0 Å². The van der Waals surface area contributed by atoms with Crippen LogP contribution in [0.25, 0.3) is 121 Å². The molecule has 260 valence electrons. The van der Waals surface area contributed by atoms with Crippen molar-refractivity contribution in [1.29, 1.82) is 0 Å². The van der Waals surface area contributed by atoms with Crippen molar-refractivity contribution < 1.29 is 8.83 Å². The molecule has 0 N–H and O–H groups in total. The molecule has 56 heavy (non-hydrogen) atoms. The van der Waals surface area contributed by atoms with Crippen molar-refractivity contribution in [3.05, 3.63) is 182 Å². The lowest BCUT2D eigenvalue weighted by Gasteiger charge is -2.10. The Morgan fingerprint density at radius 1 is 0.321 bits per heavy atom. The van der Waals surface area contributed by atoms with Crippen LogP contribution in [-0.2, 0) is 0 Å². The highest BCUT2D eigenvalue weighted by molar-refractivity contribution is 6.23. The zero-order valence-electron chi connectivity index (χ0n) is 30.0. The third kappa shape index (κ3) is 4.02. The molecule has 0 fully saturated rings. The van der Waals surface area contributed by atoms with Crippen LogP contribution in [0.2, 0.25) is 0 Å². The lowest BCUT2D eigenvalue weighted by molar-refractivity contribution is 0.665. The van der Waals surface area contributed by atoms with E-state index in [4.69, 9.17) is 8.83 Å². The molecule has 4 heteroatoms. The van der Waals surface area contributed by atoms with Crippen LogP contribution in [0.15, 0.2) is 191 Å². The van der Waals surface area contributed by atoms with Gasteiger partial charge in [-0.2, -0.15) is 0 Å². The fourth-order valence-corrected chi connectivity index (χ4v) is 9.37. The second-order valence-corrected chi connectivity index (χ2v) is 14.9. The van der Waals surface area contributed by atoms with Crippen molar-refractivity contribution in [3.63, 3.8) is 0 Å². The average molecular weight is 715 g/mol. The van der Waals surface area contributed by atoms with Crippen molar-refractivity contribution in [2.75, 3.05) is 0 Å². The van der Waals surface area contributed by atoms with Crippen LogP contribution in [-0.4, -0.2) is 9.13 Å². The number of furan rings is 2. The lowest BCUT2D eigenvalue weighted by Crippen LogP contribution is -1.95. The van der Waals surface area contributed by atoms with E-state index in [1.165, 1.54) is 38.1 Å². The maximum absolute atomic E-state index is 6.74. The molecule has 0 bridgehead atoms. The van der Waals surface area contributed by atoms with Gasteiger partial charge in [-0.05, 0) is 88.6 Å². The van der Waals surface area contributed by atoms with Crippen molar-refractivity contribution >= 4 is 98.3 Å². The van der Waals surface area contributed by atoms with Gasteiger partial charge in [-0.1, -0.05) is 115 Å². The molecule has 0 aliphatic carbocycles. The molecular weight excluding hydrogens is 685 g/mol. The van der Waals surface area contributed by atoms with Gasteiger partial charge in [0.25, 0.3) is 0 Å². The Kier molecular flexibility index (Phi) is 5.86. The Hall–Kier alpha value is -7.56. The molecule has 0 aliphatic rings. The van der Waals surface area contributed by atoms with E-state index in [1.54, 1.807) is 0 Å². The number of para-hydroxylation sites is 4. The summed E-state index contributed by atoms with van der Waals surface area (Å²) < 4.78 is 18.1. The normalized spacial score (nSPS) is 12.3. The van der Waals surface area contributed by atoms with Crippen LogP contribution in [0.1, 0.15) is 0 Å². The minimum absolute atomic E-state index is 0.859. The first kappa shape index (κ1) is 29.8. The van der Waals surface area contributed by atoms with E-state index >= 15 is 0 Å². The lowest BCUT2D eigenvalue weighted by atomic mass is 10.0. The van der Waals surface area contributed by atoms with Gasteiger partial charge in [0.1, 0.15) is 11.2 Å². The van der Waals surface area contributed by atoms with Crippen molar-refractivity contribution in [3.8, 4) is 22.5 Å². The number of fused-ring (bicyclic) bond motifs is 14. The Morgan fingerprint density at radius 3 is 1.68 bits per heavy atom. The predicted molar refractivity (Wildman–Crippen MR) is 233 cm³/mol. The minimum atomic E-state index is 0.859. The molecule has 0 unspecified atom stereocenters. The van der Waals surface area contributed by atoms with Gasteiger partial charge in [0.15, 0.2) is 11.2 Å². The fraction of sp³-hybridized carbons (Fsp3) is 0. The Labute approximate surface area is 319 Å². The average Bonchev–Trinajstić information content (AvgIpc) is 4.01. The standard InChI is InChI=1S/C52H30N2O2/c1-2-11-32-28-35(23-20-31(32)10-1)53-44-16-6-3-12-36(44)42-29-33(21-26-45(42)53)34-22-27-46-43(30-34)39-24-25-41-38-14-5-8-19-49(38)56-52(41)50(39)54(46)47-17-9-15-40-37-13-4-7-18-48(37)55-51(40)47/h1-30H. The topological polar surface area (TPSA) is 36.1 Å². The smallest absolute Gasteiger partial charge is 0.160 e. The number of nitrogens with zero attached hydrogens (tertiary/aromatic N) is 2. The SMILES string of the molecule is c1ccc2cc(-n3c4ccccc4c4cc(-c5ccc6c(c5)c5ccc7c8ccccc8oc7c5n6-c5cccc6c5oc5ccccc56)ccc43)ccc2c1. The largest absolute Gasteiger partial charge is 0.454 e. The number of hydrogen-bond donors (Lipinski definition) is 0. The molecule has 13 rings (SSSR count). The predicted octanol–water partition coefficient (Wildman–Crippen LogP) is 14.5. The van der Waals surface area contributed by atoms with E-state index in [2.05, 4.69) is 173 Å². The molecule has 9 aromatic carbocycles. The van der Waals surface area contributed by atoms with Crippen LogP contribution in [0.4, 0.5) is 0 Å². The summed E-state index contributed by atoms with van der Waals surface area (Å²) in [5.41, 5.74) is 12.5. The molecule has 0 spiro atoms. The summed E-state index contributed by atoms with van der Waals surface area (Å²) in [7, 11) is 0. The van der Waals surface area contributed by atoms with Crippen LogP contribution in [0, 0.1) is 0 Å². The van der Waals surface area contributed by atoms with Crippen LogP contribution >= 0.6 is 0 Å². The summed E-state index contributed by atoms with van der Waals surface area (Å²) in [5.74, 6) is 0. The molecule has 4 heterocycles. The Morgan fingerprint density at radius 2 is 0.893 bits per heavy atom. The van der Waals surface area contributed by atoms with E-state index in [0.29, 0.717) is 0 Å². The zero-order chi connectivity index (χ0) is 36.5. The van der Waals surface area contributed by atoms with Crippen molar-refractivity contribution in [2.24, 2.45) is 0 Å². The second-order valence-electron chi connectivity index (χ2n) is 14.9. The molecule has 0 saturated heterocycles. The summed E-state index contributed by atoms with van der Waals surface area (Å²) >= 11 is 0. The van der Waals surface area contributed by atoms with Gasteiger partial charge < -0.3 is 18.0 Å². The van der Waals surface area contributed by atoms with E-state index in [0.717, 1.165) is 82.6 Å². The van der Waals surface area contributed by atoms with E-state index in [1.807, 2.05) is 18.2 Å². The minimum Gasteiger partial charge on any atom is -0.454 e. The molecule has 0 aliphatic heterocycles. The molecular formula is C52H30N2O2. The van der Waals surface area contributed by atoms with Gasteiger partial charge in [-0.3, -0.25) is 0 Å². The summed E-state index contributed by atoms with van der Waals surface area (Å²) in [6.07, 6.45) is 0. The number of rotatable bonds is 3. The highest BCUT2D eigenvalue weighted by Crippen LogP contribution is 2.44. The van der Waals surface area contributed by atoms with E-state index < -0.39 is 0 Å².